The molecule has 0 aliphatic rings. The predicted octanol–water partition coefficient (Wildman–Crippen LogP) is 6.16. The van der Waals surface area contributed by atoms with Crippen LogP contribution in [0.5, 0.6) is 0 Å². The fraction of sp³-hybridized carbons (Fsp3) is 0.360. The molecule has 2 amide bonds. The Morgan fingerprint density at radius 2 is 1.89 bits per heavy atom. The second-order valence-electron chi connectivity index (χ2n) is 8.57. The first-order valence-corrected chi connectivity index (χ1v) is 13.1. The molecule has 3 aromatic rings. The van der Waals surface area contributed by atoms with Gasteiger partial charge in [-0.2, -0.15) is 0 Å². The van der Waals surface area contributed by atoms with Gasteiger partial charge in [0.15, 0.2) is 11.0 Å². The molecule has 2 aromatic carbocycles. The number of benzene rings is 2. The fourth-order valence-electron chi connectivity index (χ4n) is 3.62. The van der Waals surface area contributed by atoms with Gasteiger partial charge in [-0.05, 0) is 62.1 Å². The normalized spacial score (nSPS) is 12.0. The van der Waals surface area contributed by atoms with Crippen LogP contribution in [-0.2, 0) is 11.3 Å². The summed E-state index contributed by atoms with van der Waals surface area (Å²) < 4.78 is 1.93. The Morgan fingerprint density at radius 1 is 1.11 bits per heavy atom. The van der Waals surface area contributed by atoms with Crippen molar-refractivity contribution in [1.82, 2.24) is 20.1 Å². The standard InChI is InChI=1S/C25H29Cl2N5O2S/c1-5-32-23(21(11-15(2)3)29-24(34)19-10-9-17(26)13-20(19)27)30-31-25(32)35-14-22(33)28-18-8-6-7-16(4)12-18/h6-10,12-13,15,21H,5,11,14H2,1-4H3,(H,28,33)(H,29,34)/t21-/m1/s1. The number of rotatable bonds is 10. The molecule has 0 unspecified atom stereocenters. The fourth-order valence-corrected chi connectivity index (χ4v) is 4.93. The van der Waals surface area contributed by atoms with Crippen LogP contribution < -0.4 is 10.6 Å². The first-order valence-electron chi connectivity index (χ1n) is 11.4. The maximum Gasteiger partial charge on any atom is 0.253 e. The van der Waals surface area contributed by atoms with E-state index in [9.17, 15) is 9.59 Å². The van der Waals surface area contributed by atoms with Gasteiger partial charge in [-0.15, -0.1) is 10.2 Å². The number of carbonyl (C=O) groups excluding carboxylic acids is 2. The van der Waals surface area contributed by atoms with Crippen LogP contribution in [0.25, 0.3) is 0 Å². The van der Waals surface area contributed by atoms with Gasteiger partial charge in [0.25, 0.3) is 5.91 Å². The molecule has 0 bridgehead atoms. The van der Waals surface area contributed by atoms with E-state index in [4.69, 9.17) is 23.2 Å². The van der Waals surface area contributed by atoms with Crippen molar-refractivity contribution in [2.75, 3.05) is 11.1 Å². The summed E-state index contributed by atoms with van der Waals surface area (Å²) in [6.45, 7) is 8.70. The molecule has 0 spiro atoms. The number of halogens is 2. The lowest BCUT2D eigenvalue weighted by Crippen LogP contribution is -2.31. The van der Waals surface area contributed by atoms with Gasteiger partial charge < -0.3 is 15.2 Å². The van der Waals surface area contributed by atoms with E-state index in [1.807, 2.05) is 42.7 Å². The largest absolute Gasteiger partial charge is 0.342 e. The van der Waals surface area contributed by atoms with E-state index in [0.29, 0.717) is 40.5 Å². The van der Waals surface area contributed by atoms with Crippen LogP contribution in [0, 0.1) is 12.8 Å². The van der Waals surface area contributed by atoms with Crippen LogP contribution >= 0.6 is 35.0 Å². The van der Waals surface area contributed by atoms with E-state index in [1.165, 1.54) is 11.8 Å². The van der Waals surface area contributed by atoms with Crippen LogP contribution in [0.3, 0.4) is 0 Å². The van der Waals surface area contributed by atoms with E-state index in [0.717, 1.165) is 11.3 Å². The Kier molecular flexibility index (Phi) is 9.60. The second-order valence-corrected chi connectivity index (χ2v) is 10.4. The molecule has 10 heteroatoms. The quantitative estimate of drug-likeness (QED) is 0.304. The summed E-state index contributed by atoms with van der Waals surface area (Å²) in [5.41, 5.74) is 2.17. The molecule has 3 rings (SSSR count). The van der Waals surface area contributed by atoms with Gasteiger partial charge in [0.1, 0.15) is 0 Å². The second kappa shape index (κ2) is 12.4. The molecule has 35 heavy (non-hydrogen) atoms. The van der Waals surface area contributed by atoms with Crippen molar-refractivity contribution in [2.45, 2.75) is 51.9 Å². The highest BCUT2D eigenvalue weighted by atomic mass is 35.5. The lowest BCUT2D eigenvalue weighted by atomic mass is 10.0. The summed E-state index contributed by atoms with van der Waals surface area (Å²) in [5.74, 6) is 0.681. The number of aryl methyl sites for hydroxylation is 1. The smallest absolute Gasteiger partial charge is 0.253 e. The molecule has 0 saturated heterocycles. The minimum absolute atomic E-state index is 0.128. The summed E-state index contributed by atoms with van der Waals surface area (Å²) in [6.07, 6.45) is 0.660. The Morgan fingerprint density at radius 3 is 2.54 bits per heavy atom. The number of amides is 2. The molecular weight excluding hydrogens is 505 g/mol. The summed E-state index contributed by atoms with van der Waals surface area (Å²) in [5, 5.41) is 16.0. The van der Waals surface area contributed by atoms with Gasteiger partial charge in [-0.25, -0.2) is 0 Å². The van der Waals surface area contributed by atoms with Crippen molar-refractivity contribution in [2.24, 2.45) is 5.92 Å². The number of anilines is 1. The highest BCUT2D eigenvalue weighted by molar-refractivity contribution is 7.99. The third kappa shape index (κ3) is 7.46. The van der Waals surface area contributed by atoms with E-state index >= 15 is 0 Å². The lowest BCUT2D eigenvalue weighted by Gasteiger charge is -2.21. The number of carbonyl (C=O) groups is 2. The van der Waals surface area contributed by atoms with Crippen LogP contribution in [0.15, 0.2) is 47.6 Å². The van der Waals surface area contributed by atoms with Crippen molar-refractivity contribution in [3.05, 3.63) is 69.5 Å². The maximum absolute atomic E-state index is 13.0. The highest BCUT2D eigenvalue weighted by Gasteiger charge is 2.25. The van der Waals surface area contributed by atoms with Crippen molar-refractivity contribution in [3.8, 4) is 0 Å². The molecule has 7 nitrogen and oxygen atoms in total. The molecule has 0 saturated carbocycles. The van der Waals surface area contributed by atoms with Crippen molar-refractivity contribution >= 4 is 52.5 Å². The van der Waals surface area contributed by atoms with Crippen molar-refractivity contribution < 1.29 is 9.59 Å². The van der Waals surface area contributed by atoms with Gasteiger partial charge in [0.2, 0.25) is 5.91 Å². The number of nitrogens with zero attached hydrogens (tertiary/aromatic N) is 3. The Labute approximate surface area is 220 Å². The molecule has 1 heterocycles. The Bertz CT molecular complexity index is 1200. The molecule has 2 N–H and O–H groups in total. The van der Waals surface area contributed by atoms with Crippen LogP contribution in [0.2, 0.25) is 10.0 Å². The lowest BCUT2D eigenvalue weighted by molar-refractivity contribution is -0.113. The number of hydrogen-bond donors (Lipinski definition) is 2. The maximum atomic E-state index is 13.0. The molecule has 186 valence electrons. The van der Waals surface area contributed by atoms with Crippen molar-refractivity contribution in [1.29, 1.82) is 0 Å². The first kappa shape index (κ1) is 27.0. The molecule has 1 aromatic heterocycles. The van der Waals surface area contributed by atoms with Gasteiger partial charge in [-0.3, -0.25) is 9.59 Å². The molecule has 0 radical (unpaired) electrons. The highest BCUT2D eigenvalue weighted by Crippen LogP contribution is 2.27. The van der Waals surface area contributed by atoms with Crippen LogP contribution in [-0.4, -0.2) is 32.3 Å². The third-order valence-electron chi connectivity index (χ3n) is 5.20. The van der Waals surface area contributed by atoms with E-state index in [-0.39, 0.29) is 28.6 Å². The number of thioether (sulfide) groups is 1. The van der Waals surface area contributed by atoms with E-state index in [2.05, 4.69) is 34.7 Å². The van der Waals surface area contributed by atoms with Gasteiger partial charge in [0, 0.05) is 17.3 Å². The Balaban J connectivity index is 1.75. The molecule has 0 aliphatic carbocycles. The van der Waals surface area contributed by atoms with Gasteiger partial charge in [-0.1, -0.05) is 60.9 Å². The minimum Gasteiger partial charge on any atom is -0.342 e. The number of nitrogens with one attached hydrogen (secondary N) is 2. The molecule has 1 atom stereocenters. The summed E-state index contributed by atoms with van der Waals surface area (Å²) in [6, 6.07) is 12.0. The topological polar surface area (TPSA) is 88.9 Å². The zero-order valence-electron chi connectivity index (χ0n) is 20.1. The Hall–Kier alpha value is -2.55. The zero-order valence-corrected chi connectivity index (χ0v) is 22.5. The zero-order chi connectivity index (χ0) is 25.5. The SMILES string of the molecule is CCn1c(SCC(=O)Nc2cccc(C)c2)nnc1[C@@H](CC(C)C)NC(=O)c1ccc(Cl)cc1Cl. The summed E-state index contributed by atoms with van der Waals surface area (Å²) in [7, 11) is 0. The summed E-state index contributed by atoms with van der Waals surface area (Å²) >= 11 is 13.5. The molecular formula is C25H29Cl2N5O2S. The average molecular weight is 535 g/mol. The van der Waals surface area contributed by atoms with Crippen LogP contribution in [0.4, 0.5) is 5.69 Å². The third-order valence-corrected chi connectivity index (χ3v) is 6.71. The molecule has 0 fully saturated rings. The average Bonchev–Trinajstić information content (AvgIpc) is 3.19. The number of aromatic nitrogens is 3. The minimum atomic E-state index is -0.378. The molecule has 0 aliphatic heterocycles. The first-order chi connectivity index (χ1) is 16.7. The summed E-state index contributed by atoms with van der Waals surface area (Å²) in [4.78, 5) is 25.5. The predicted molar refractivity (Wildman–Crippen MR) is 142 cm³/mol. The van der Waals surface area contributed by atoms with Gasteiger partial charge >= 0.3 is 0 Å². The number of hydrogen-bond acceptors (Lipinski definition) is 5. The van der Waals surface area contributed by atoms with Crippen LogP contribution in [0.1, 0.15) is 55.0 Å². The monoisotopic (exact) mass is 533 g/mol. The van der Waals surface area contributed by atoms with Gasteiger partial charge in [0.05, 0.1) is 22.4 Å². The van der Waals surface area contributed by atoms with Crippen molar-refractivity contribution in [3.63, 3.8) is 0 Å². The van der Waals surface area contributed by atoms with E-state index in [1.54, 1.807) is 18.2 Å². The van der Waals surface area contributed by atoms with E-state index < -0.39 is 0 Å².